The van der Waals surface area contributed by atoms with E-state index in [1.165, 1.54) is 14.8 Å². The number of hydrogen-bond acceptors (Lipinski definition) is 2. The van der Waals surface area contributed by atoms with E-state index in [-0.39, 0.29) is 0 Å². The Kier molecular flexibility index (Phi) is 5.06. The molecule has 0 bridgehead atoms. The van der Waals surface area contributed by atoms with Crippen molar-refractivity contribution in [3.8, 4) is 0 Å². The Morgan fingerprint density at radius 2 is 1.70 bits per heavy atom. The molecule has 23 heavy (non-hydrogen) atoms. The van der Waals surface area contributed by atoms with Crippen molar-refractivity contribution in [3.63, 3.8) is 0 Å². The van der Waals surface area contributed by atoms with Gasteiger partial charge >= 0.3 is 0 Å². The second kappa shape index (κ2) is 7.21. The van der Waals surface area contributed by atoms with Crippen molar-refractivity contribution in [1.29, 1.82) is 0 Å². The number of fused-ring (bicyclic) bond motifs is 1. The summed E-state index contributed by atoms with van der Waals surface area (Å²) in [7, 11) is 0. The molecule has 3 rings (SSSR count). The summed E-state index contributed by atoms with van der Waals surface area (Å²) >= 11 is 2.32. The number of rotatable bonds is 5. The van der Waals surface area contributed by atoms with Crippen LogP contribution in [0.15, 0.2) is 52.9 Å². The van der Waals surface area contributed by atoms with Crippen LogP contribution in [0.5, 0.6) is 0 Å². The fraction of sp³-hybridized carbons (Fsp3) is 0.200. The SMILES string of the molecule is CCN(CC)c1ccc(/C=C/c2cc3cc(I)ccc3o2)cc1. The first kappa shape index (κ1) is 16.1. The van der Waals surface area contributed by atoms with Crippen LogP contribution in [0.25, 0.3) is 23.1 Å². The second-order valence-corrected chi connectivity index (χ2v) is 6.67. The summed E-state index contributed by atoms with van der Waals surface area (Å²) in [5, 5.41) is 1.15. The van der Waals surface area contributed by atoms with Crippen LogP contribution in [0.3, 0.4) is 0 Å². The Bertz CT molecular complexity index is 813. The van der Waals surface area contributed by atoms with Crippen molar-refractivity contribution >= 4 is 51.4 Å². The first-order valence-electron chi connectivity index (χ1n) is 7.91. The highest BCUT2D eigenvalue weighted by Gasteiger charge is 2.02. The Balaban J connectivity index is 1.78. The van der Waals surface area contributed by atoms with Gasteiger partial charge in [0.1, 0.15) is 11.3 Å². The van der Waals surface area contributed by atoms with E-state index < -0.39 is 0 Å². The Morgan fingerprint density at radius 1 is 0.957 bits per heavy atom. The fourth-order valence-electron chi connectivity index (χ4n) is 2.68. The van der Waals surface area contributed by atoms with Gasteiger partial charge in [-0.2, -0.15) is 0 Å². The summed E-state index contributed by atoms with van der Waals surface area (Å²) in [6.45, 7) is 6.42. The lowest BCUT2D eigenvalue weighted by Crippen LogP contribution is -2.21. The summed E-state index contributed by atoms with van der Waals surface area (Å²) in [5.74, 6) is 0.884. The molecule has 0 radical (unpaired) electrons. The summed E-state index contributed by atoms with van der Waals surface area (Å²) in [6.07, 6.45) is 4.12. The van der Waals surface area contributed by atoms with Gasteiger partial charge in [0.25, 0.3) is 0 Å². The molecule has 0 saturated carbocycles. The molecule has 118 valence electrons. The molecule has 1 heterocycles. The molecular formula is C20H20INO. The molecular weight excluding hydrogens is 397 g/mol. The maximum absolute atomic E-state index is 5.84. The van der Waals surface area contributed by atoms with Crippen LogP contribution < -0.4 is 4.90 Å². The standard InChI is InChI=1S/C20H20INO/c1-3-22(4-2)18-9-5-15(6-10-18)7-11-19-14-16-13-17(21)8-12-20(16)23-19/h5-14H,3-4H2,1-2H3/b11-7+. The first-order chi connectivity index (χ1) is 11.2. The third-order valence-electron chi connectivity index (χ3n) is 3.96. The average molecular weight is 417 g/mol. The zero-order valence-corrected chi connectivity index (χ0v) is 15.6. The first-order valence-corrected chi connectivity index (χ1v) is 8.99. The normalized spacial score (nSPS) is 11.4. The number of nitrogens with zero attached hydrogens (tertiary/aromatic N) is 1. The molecule has 0 fully saturated rings. The smallest absolute Gasteiger partial charge is 0.134 e. The van der Waals surface area contributed by atoms with Crippen LogP contribution in [-0.2, 0) is 0 Å². The van der Waals surface area contributed by atoms with Gasteiger partial charge in [0.05, 0.1) is 0 Å². The largest absolute Gasteiger partial charge is 0.457 e. The number of furan rings is 1. The van der Waals surface area contributed by atoms with Gasteiger partial charge in [0.15, 0.2) is 0 Å². The lowest BCUT2D eigenvalue weighted by molar-refractivity contribution is 0.604. The molecule has 0 spiro atoms. The second-order valence-electron chi connectivity index (χ2n) is 5.43. The molecule has 3 aromatic rings. The average Bonchev–Trinajstić information content (AvgIpc) is 2.97. The highest BCUT2D eigenvalue weighted by atomic mass is 127. The highest BCUT2D eigenvalue weighted by Crippen LogP contribution is 2.23. The predicted octanol–water partition coefficient (Wildman–Crippen LogP) is 6.05. The van der Waals surface area contributed by atoms with Crippen LogP contribution in [-0.4, -0.2) is 13.1 Å². The molecule has 2 aromatic carbocycles. The van der Waals surface area contributed by atoms with E-state index in [1.807, 2.05) is 12.1 Å². The monoisotopic (exact) mass is 417 g/mol. The number of halogens is 1. The third-order valence-corrected chi connectivity index (χ3v) is 4.63. The summed E-state index contributed by atoms with van der Waals surface area (Å²) in [4.78, 5) is 2.34. The van der Waals surface area contributed by atoms with Gasteiger partial charge in [0.2, 0.25) is 0 Å². The van der Waals surface area contributed by atoms with E-state index in [4.69, 9.17) is 4.42 Å². The van der Waals surface area contributed by atoms with Crippen LogP contribution in [0, 0.1) is 3.57 Å². The van der Waals surface area contributed by atoms with Gasteiger partial charge in [-0.3, -0.25) is 0 Å². The molecule has 0 saturated heterocycles. The van der Waals surface area contributed by atoms with E-state index in [0.29, 0.717) is 0 Å². The molecule has 3 heteroatoms. The molecule has 0 aliphatic heterocycles. The van der Waals surface area contributed by atoms with E-state index >= 15 is 0 Å². The molecule has 2 nitrogen and oxygen atoms in total. The van der Waals surface area contributed by atoms with Crippen molar-refractivity contribution in [1.82, 2.24) is 0 Å². The molecule has 0 unspecified atom stereocenters. The van der Waals surface area contributed by atoms with E-state index in [2.05, 4.69) is 89.9 Å². The lowest BCUT2D eigenvalue weighted by atomic mass is 10.1. The van der Waals surface area contributed by atoms with Gasteiger partial charge in [-0.25, -0.2) is 0 Å². The van der Waals surface area contributed by atoms with Gasteiger partial charge < -0.3 is 9.32 Å². The van der Waals surface area contributed by atoms with Crippen LogP contribution in [0.2, 0.25) is 0 Å². The van der Waals surface area contributed by atoms with Gasteiger partial charge in [-0.05, 0) is 84.5 Å². The highest BCUT2D eigenvalue weighted by molar-refractivity contribution is 14.1. The van der Waals surface area contributed by atoms with Crippen LogP contribution in [0.4, 0.5) is 5.69 Å². The van der Waals surface area contributed by atoms with Crippen LogP contribution in [0.1, 0.15) is 25.2 Å². The van der Waals surface area contributed by atoms with Crippen molar-refractivity contribution in [2.75, 3.05) is 18.0 Å². The van der Waals surface area contributed by atoms with Gasteiger partial charge in [0, 0.05) is 27.7 Å². The Labute approximate surface area is 150 Å². The van der Waals surface area contributed by atoms with Crippen molar-refractivity contribution in [2.45, 2.75) is 13.8 Å². The minimum Gasteiger partial charge on any atom is -0.457 e. The number of anilines is 1. The molecule has 0 aliphatic carbocycles. The van der Waals surface area contributed by atoms with Crippen molar-refractivity contribution in [3.05, 3.63) is 63.4 Å². The van der Waals surface area contributed by atoms with Crippen molar-refractivity contribution in [2.24, 2.45) is 0 Å². The van der Waals surface area contributed by atoms with E-state index in [0.717, 1.165) is 29.8 Å². The molecule has 0 N–H and O–H groups in total. The number of benzene rings is 2. The Hall–Kier alpha value is -1.75. The minimum atomic E-state index is 0.884. The molecule has 0 aliphatic rings. The zero-order valence-electron chi connectivity index (χ0n) is 13.4. The maximum Gasteiger partial charge on any atom is 0.134 e. The van der Waals surface area contributed by atoms with Gasteiger partial charge in [-0.1, -0.05) is 18.2 Å². The fourth-order valence-corrected chi connectivity index (χ4v) is 3.20. The van der Waals surface area contributed by atoms with E-state index in [1.54, 1.807) is 0 Å². The number of hydrogen-bond donors (Lipinski definition) is 0. The zero-order chi connectivity index (χ0) is 16.2. The Morgan fingerprint density at radius 3 is 2.39 bits per heavy atom. The summed E-state index contributed by atoms with van der Waals surface area (Å²) in [5.41, 5.74) is 3.38. The third kappa shape index (κ3) is 3.78. The summed E-state index contributed by atoms with van der Waals surface area (Å²) in [6, 6.07) is 16.9. The van der Waals surface area contributed by atoms with Crippen LogP contribution >= 0.6 is 22.6 Å². The predicted molar refractivity (Wildman–Crippen MR) is 108 cm³/mol. The molecule has 0 amide bonds. The molecule has 0 atom stereocenters. The maximum atomic E-state index is 5.84. The van der Waals surface area contributed by atoms with Crippen molar-refractivity contribution < 1.29 is 4.42 Å². The minimum absolute atomic E-state index is 0.884. The van der Waals surface area contributed by atoms with Gasteiger partial charge in [-0.15, -0.1) is 0 Å². The lowest BCUT2D eigenvalue weighted by Gasteiger charge is -2.20. The topological polar surface area (TPSA) is 16.4 Å². The molecule has 1 aromatic heterocycles. The summed E-state index contributed by atoms with van der Waals surface area (Å²) < 4.78 is 7.06. The quantitative estimate of drug-likeness (QED) is 0.470. The van der Waals surface area contributed by atoms with E-state index in [9.17, 15) is 0 Å².